The Labute approximate surface area is 47.1 Å². The molecule has 0 bridgehead atoms. The second kappa shape index (κ2) is 2.57. The van der Waals surface area contributed by atoms with Crippen LogP contribution >= 0.6 is 7.82 Å². The summed E-state index contributed by atoms with van der Waals surface area (Å²) in [4.78, 5) is 16.1. The third kappa shape index (κ3) is 6.07. The van der Waals surface area contributed by atoms with Gasteiger partial charge in [0, 0.05) is 14.1 Å². The Morgan fingerprint density at radius 1 is 1.50 bits per heavy atom. The first-order chi connectivity index (χ1) is 3.42. The van der Waals surface area contributed by atoms with Crippen LogP contribution in [-0.4, -0.2) is 28.9 Å². The minimum Gasteiger partial charge on any atom is -0.302 e. The molecule has 8 heavy (non-hydrogen) atoms. The number of hydroxylamine groups is 2. The lowest BCUT2D eigenvalue weighted by molar-refractivity contribution is -0.0330. The molecule has 0 atom stereocenters. The molecule has 0 saturated heterocycles. The van der Waals surface area contributed by atoms with E-state index in [1.807, 2.05) is 0 Å². The van der Waals surface area contributed by atoms with Crippen LogP contribution in [0.4, 0.5) is 0 Å². The monoisotopic (exact) mass is 141 g/mol. The van der Waals surface area contributed by atoms with Gasteiger partial charge in [0.25, 0.3) is 0 Å². The molecule has 0 radical (unpaired) electrons. The predicted molar refractivity (Wildman–Crippen MR) is 26.8 cm³/mol. The van der Waals surface area contributed by atoms with E-state index < -0.39 is 7.82 Å². The molecule has 5 nitrogen and oxygen atoms in total. The highest BCUT2D eigenvalue weighted by Crippen LogP contribution is 2.35. The van der Waals surface area contributed by atoms with Crippen LogP contribution in [0.15, 0.2) is 0 Å². The number of rotatable bonds is 2. The highest BCUT2D eigenvalue weighted by molar-refractivity contribution is 7.46. The summed E-state index contributed by atoms with van der Waals surface area (Å²) in [7, 11) is -1.52. The Kier molecular flexibility index (Phi) is 2.59. The highest BCUT2D eigenvalue weighted by atomic mass is 31.2. The molecular weight excluding hydrogens is 133 g/mol. The molecule has 0 aliphatic carbocycles. The number of hydrogen-bond acceptors (Lipinski definition) is 3. The number of hydrogen-bond donors (Lipinski definition) is 2. The second-order valence-electron chi connectivity index (χ2n) is 1.38. The summed E-state index contributed by atoms with van der Waals surface area (Å²) in [6.45, 7) is 0. The van der Waals surface area contributed by atoms with Crippen molar-refractivity contribution in [2.24, 2.45) is 0 Å². The molecule has 0 rings (SSSR count). The molecule has 0 unspecified atom stereocenters. The van der Waals surface area contributed by atoms with Crippen molar-refractivity contribution in [3.05, 3.63) is 0 Å². The zero-order valence-corrected chi connectivity index (χ0v) is 5.50. The zero-order valence-electron chi connectivity index (χ0n) is 4.61. The fourth-order valence-corrected chi connectivity index (χ4v) is 0.638. The summed E-state index contributed by atoms with van der Waals surface area (Å²) in [5.41, 5.74) is 0. The van der Waals surface area contributed by atoms with E-state index in [9.17, 15) is 4.57 Å². The van der Waals surface area contributed by atoms with Crippen LogP contribution in [0.3, 0.4) is 0 Å². The van der Waals surface area contributed by atoms with Crippen molar-refractivity contribution in [1.82, 2.24) is 5.06 Å². The number of nitrogens with zero attached hydrogens (tertiary/aromatic N) is 1. The molecule has 0 heterocycles. The molecule has 0 aromatic heterocycles. The second-order valence-corrected chi connectivity index (χ2v) is 2.53. The van der Waals surface area contributed by atoms with E-state index in [-0.39, 0.29) is 0 Å². The van der Waals surface area contributed by atoms with E-state index in [4.69, 9.17) is 9.79 Å². The van der Waals surface area contributed by atoms with Gasteiger partial charge < -0.3 is 9.79 Å². The molecule has 0 aromatic carbocycles. The molecule has 6 heteroatoms. The van der Waals surface area contributed by atoms with Gasteiger partial charge in [0.05, 0.1) is 0 Å². The van der Waals surface area contributed by atoms with Crippen molar-refractivity contribution in [2.45, 2.75) is 0 Å². The molecule has 0 fully saturated rings. The minimum atomic E-state index is -4.30. The van der Waals surface area contributed by atoms with Crippen molar-refractivity contribution < 1.29 is 19.0 Å². The maximum absolute atomic E-state index is 9.87. The standard InChI is InChI=1S/C2H8NO4P/c1-3(2)7-8(4,5)6/h1-2H3,(H2,4,5,6). The van der Waals surface area contributed by atoms with Crippen molar-refractivity contribution in [1.29, 1.82) is 0 Å². The van der Waals surface area contributed by atoms with Crippen LogP contribution in [0, 0.1) is 0 Å². The molecule has 0 saturated carbocycles. The molecule has 0 aliphatic heterocycles. The fourth-order valence-electron chi connectivity index (χ4n) is 0.213. The molecule has 50 valence electrons. The lowest BCUT2D eigenvalue weighted by Gasteiger charge is -2.09. The van der Waals surface area contributed by atoms with Crippen LogP contribution < -0.4 is 0 Å². The average Bonchev–Trinajstić information content (AvgIpc) is 1.21. The van der Waals surface area contributed by atoms with Gasteiger partial charge in [-0.2, -0.15) is 9.69 Å². The zero-order chi connectivity index (χ0) is 6.78. The Hall–Kier alpha value is 0.0700. The minimum absolute atomic E-state index is 0.945. The summed E-state index contributed by atoms with van der Waals surface area (Å²) < 4.78 is 13.8. The van der Waals surface area contributed by atoms with Crippen LogP contribution in [0.5, 0.6) is 0 Å². The van der Waals surface area contributed by atoms with Crippen molar-refractivity contribution >= 4 is 7.82 Å². The van der Waals surface area contributed by atoms with E-state index in [0.717, 1.165) is 5.06 Å². The van der Waals surface area contributed by atoms with Crippen molar-refractivity contribution in [2.75, 3.05) is 14.1 Å². The quantitative estimate of drug-likeness (QED) is 0.403. The SMILES string of the molecule is CN(C)OP(=O)(O)O. The largest absolute Gasteiger partial charge is 0.486 e. The summed E-state index contributed by atoms with van der Waals surface area (Å²) >= 11 is 0. The van der Waals surface area contributed by atoms with Crippen molar-refractivity contribution in [3.8, 4) is 0 Å². The Morgan fingerprint density at radius 2 is 1.88 bits per heavy atom. The summed E-state index contributed by atoms with van der Waals surface area (Å²) in [6, 6.07) is 0. The highest BCUT2D eigenvalue weighted by Gasteiger charge is 2.14. The normalized spacial score (nSPS) is 12.6. The van der Waals surface area contributed by atoms with Crippen molar-refractivity contribution in [3.63, 3.8) is 0 Å². The lowest BCUT2D eigenvalue weighted by atomic mass is 11.2. The van der Waals surface area contributed by atoms with Gasteiger partial charge in [0.2, 0.25) is 0 Å². The van der Waals surface area contributed by atoms with Crippen LogP contribution in [0.25, 0.3) is 0 Å². The topological polar surface area (TPSA) is 70.0 Å². The van der Waals surface area contributed by atoms with E-state index in [0.29, 0.717) is 0 Å². The van der Waals surface area contributed by atoms with Gasteiger partial charge in [-0.25, -0.2) is 4.57 Å². The van der Waals surface area contributed by atoms with Gasteiger partial charge in [-0.3, -0.25) is 0 Å². The molecule has 2 N–H and O–H groups in total. The van der Waals surface area contributed by atoms with Gasteiger partial charge in [0.15, 0.2) is 0 Å². The van der Waals surface area contributed by atoms with E-state index >= 15 is 0 Å². The molecule has 0 spiro atoms. The Balaban J connectivity index is 3.56. The van der Waals surface area contributed by atoms with Gasteiger partial charge >= 0.3 is 7.82 Å². The fraction of sp³-hybridized carbons (Fsp3) is 1.00. The smallest absolute Gasteiger partial charge is 0.302 e. The first-order valence-corrected chi connectivity index (χ1v) is 3.37. The van der Waals surface area contributed by atoms with E-state index in [2.05, 4.69) is 4.62 Å². The van der Waals surface area contributed by atoms with E-state index in [1.54, 1.807) is 0 Å². The van der Waals surface area contributed by atoms with Gasteiger partial charge in [0.1, 0.15) is 0 Å². The maximum Gasteiger partial charge on any atom is 0.486 e. The lowest BCUT2D eigenvalue weighted by Crippen LogP contribution is -2.09. The average molecular weight is 141 g/mol. The maximum atomic E-state index is 9.87. The third-order valence-electron chi connectivity index (χ3n) is 0.270. The third-order valence-corrected chi connectivity index (χ3v) is 0.809. The summed E-state index contributed by atoms with van der Waals surface area (Å²) in [5.74, 6) is 0. The van der Waals surface area contributed by atoms with Gasteiger partial charge in [-0.1, -0.05) is 0 Å². The molecule has 0 amide bonds. The van der Waals surface area contributed by atoms with Crippen LogP contribution in [0.1, 0.15) is 0 Å². The van der Waals surface area contributed by atoms with Crippen LogP contribution in [-0.2, 0) is 9.19 Å². The molecule has 0 aromatic rings. The van der Waals surface area contributed by atoms with Gasteiger partial charge in [-0.15, -0.1) is 0 Å². The van der Waals surface area contributed by atoms with Crippen LogP contribution in [0.2, 0.25) is 0 Å². The predicted octanol–water partition coefficient (Wildman–Crippen LogP) is -0.428. The molecule has 0 aliphatic rings. The Bertz CT molecular complexity index is 107. The van der Waals surface area contributed by atoms with Gasteiger partial charge in [-0.05, 0) is 0 Å². The first kappa shape index (κ1) is 8.07. The Morgan fingerprint density at radius 3 is 1.88 bits per heavy atom. The molecular formula is C2H8NO4P. The summed E-state index contributed by atoms with van der Waals surface area (Å²) in [5, 5.41) is 0.945. The summed E-state index contributed by atoms with van der Waals surface area (Å²) in [6.07, 6.45) is 0. The number of phosphoric acid groups is 1. The first-order valence-electron chi connectivity index (χ1n) is 1.84. The van der Waals surface area contributed by atoms with E-state index in [1.165, 1.54) is 14.1 Å².